The van der Waals surface area contributed by atoms with E-state index >= 15 is 0 Å². The largest absolute Gasteiger partial charge is 0.268 e. The molecule has 0 aliphatic rings. The maximum atomic E-state index is 11.9. The summed E-state index contributed by atoms with van der Waals surface area (Å²) in [5.41, 5.74) is 6.36. The third kappa shape index (κ3) is 4.13. The van der Waals surface area contributed by atoms with E-state index in [-0.39, 0.29) is 5.91 Å². The van der Waals surface area contributed by atoms with Crippen molar-refractivity contribution in [1.82, 2.24) is 24.7 Å². The standard InChI is InChI=1S/C17H17ClN6O/c1-12-3-5-14(6-4-12)9-24-17(18)15(13(2)21-24)7-8-16(25)22-23-10-19-20-11-23/h3-8,10-11H,9H2,1-2H3,(H,22,25). The molecule has 0 spiro atoms. The van der Waals surface area contributed by atoms with Crippen LogP contribution in [0.3, 0.4) is 0 Å². The second-order valence-corrected chi connectivity index (χ2v) is 5.97. The van der Waals surface area contributed by atoms with Gasteiger partial charge in [-0.25, -0.2) is 9.36 Å². The molecule has 7 nitrogen and oxygen atoms in total. The number of nitrogens with zero attached hydrogens (tertiary/aromatic N) is 5. The highest BCUT2D eigenvalue weighted by Crippen LogP contribution is 2.22. The first-order valence-electron chi connectivity index (χ1n) is 7.65. The van der Waals surface area contributed by atoms with E-state index < -0.39 is 0 Å². The van der Waals surface area contributed by atoms with Crippen molar-refractivity contribution < 1.29 is 4.79 Å². The van der Waals surface area contributed by atoms with Crippen LogP contribution in [0.1, 0.15) is 22.4 Å². The number of carbonyl (C=O) groups excluding carboxylic acids is 1. The van der Waals surface area contributed by atoms with Gasteiger partial charge in [-0.05, 0) is 25.5 Å². The van der Waals surface area contributed by atoms with E-state index in [0.717, 1.165) is 11.3 Å². The smallest absolute Gasteiger partial charge is 0.262 e. The Hall–Kier alpha value is -2.93. The first kappa shape index (κ1) is 16.9. The number of carbonyl (C=O) groups is 1. The summed E-state index contributed by atoms with van der Waals surface area (Å²) in [5, 5.41) is 12.2. The molecule has 1 N–H and O–H groups in total. The van der Waals surface area contributed by atoms with Crippen LogP contribution in [-0.4, -0.2) is 30.6 Å². The summed E-state index contributed by atoms with van der Waals surface area (Å²) >= 11 is 6.43. The zero-order valence-corrected chi connectivity index (χ0v) is 14.6. The van der Waals surface area contributed by atoms with E-state index in [1.54, 1.807) is 10.8 Å². The van der Waals surface area contributed by atoms with Crippen LogP contribution in [0.4, 0.5) is 0 Å². The van der Waals surface area contributed by atoms with Crippen LogP contribution in [0, 0.1) is 13.8 Å². The van der Waals surface area contributed by atoms with E-state index in [1.807, 2.05) is 26.0 Å². The minimum absolute atomic E-state index is 0.318. The first-order valence-corrected chi connectivity index (χ1v) is 8.03. The number of aryl methyl sites for hydroxylation is 2. The Morgan fingerprint density at radius 1 is 1.20 bits per heavy atom. The van der Waals surface area contributed by atoms with Crippen molar-refractivity contribution in [2.45, 2.75) is 20.4 Å². The normalized spacial score (nSPS) is 11.2. The molecule has 0 bridgehead atoms. The van der Waals surface area contributed by atoms with Crippen LogP contribution in [0.25, 0.3) is 6.08 Å². The summed E-state index contributed by atoms with van der Waals surface area (Å²) in [7, 11) is 0. The van der Waals surface area contributed by atoms with Gasteiger partial charge in [-0.2, -0.15) is 5.10 Å². The zero-order chi connectivity index (χ0) is 17.8. The van der Waals surface area contributed by atoms with Gasteiger partial charge in [0.2, 0.25) is 0 Å². The number of halogens is 1. The molecule has 0 fully saturated rings. The van der Waals surface area contributed by atoms with Crippen molar-refractivity contribution in [3.05, 3.63) is 70.5 Å². The van der Waals surface area contributed by atoms with E-state index in [1.165, 1.54) is 29.0 Å². The molecular weight excluding hydrogens is 340 g/mol. The Kier molecular flexibility index (Phi) is 4.95. The fraction of sp³-hybridized carbons (Fsp3) is 0.176. The van der Waals surface area contributed by atoms with E-state index in [9.17, 15) is 4.79 Å². The number of hydrogen-bond acceptors (Lipinski definition) is 4. The summed E-state index contributed by atoms with van der Waals surface area (Å²) in [6, 6.07) is 8.20. The Morgan fingerprint density at radius 3 is 2.56 bits per heavy atom. The van der Waals surface area contributed by atoms with Crippen molar-refractivity contribution in [2.24, 2.45) is 0 Å². The molecule has 2 aromatic heterocycles. The summed E-state index contributed by atoms with van der Waals surface area (Å²) < 4.78 is 3.08. The lowest BCUT2D eigenvalue weighted by Crippen LogP contribution is -2.18. The molecule has 3 rings (SSSR count). The number of rotatable bonds is 5. The van der Waals surface area contributed by atoms with Crippen molar-refractivity contribution in [1.29, 1.82) is 0 Å². The number of nitrogens with one attached hydrogen (secondary N) is 1. The van der Waals surface area contributed by atoms with Gasteiger partial charge < -0.3 is 0 Å². The SMILES string of the molecule is Cc1ccc(Cn2nc(C)c(C=CC(=O)Nn3cnnc3)c2Cl)cc1. The van der Waals surface area contributed by atoms with E-state index in [2.05, 4.69) is 32.9 Å². The van der Waals surface area contributed by atoms with Crippen LogP contribution >= 0.6 is 11.6 Å². The lowest BCUT2D eigenvalue weighted by Gasteiger charge is -2.04. The molecule has 0 atom stereocenters. The van der Waals surface area contributed by atoms with Crippen molar-refractivity contribution in [2.75, 3.05) is 5.43 Å². The highest BCUT2D eigenvalue weighted by molar-refractivity contribution is 6.31. The predicted molar refractivity (Wildman–Crippen MR) is 95.7 cm³/mol. The maximum absolute atomic E-state index is 11.9. The molecule has 0 unspecified atom stereocenters. The highest BCUT2D eigenvalue weighted by Gasteiger charge is 2.12. The fourth-order valence-corrected chi connectivity index (χ4v) is 2.61. The van der Waals surface area contributed by atoms with Gasteiger partial charge in [-0.3, -0.25) is 10.2 Å². The van der Waals surface area contributed by atoms with Gasteiger partial charge in [0.1, 0.15) is 17.8 Å². The molecule has 0 radical (unpaired) electrons. The van der Waals surface area contributed by atoms with Crippen LogP contribution in [0.15, 0.2) is 43.0 Å². The molecule has 0 saturated heterocycles. The lowest BCUT2D eigenvalue weighted by molar-refractivity contribution is -0.112. The van der Waals surface area contributed by atoms with Gasteiger partial charge in [-0.1, -0.05) is 41.4 Å². The molecular formula is C17H17ClN6O. The maximum Gasteiger partial charge on any atom is 0.262 e. The average molecular weight is 357 g/mol. The minimum atomic E-state index is -0.318. The van der Waals surface area contributed by atoms with Crippen molar-refractivity contribution in [3.63, 3.8) is 0 Å². The lowest BCUT2D eigenvalue weighted by atomic mass is 10.1. The van der Waals surface area contributed by atoms with Crippen LogP contribution in [-0.2, 0) is 11.3 Å². The van der Waals surface area contributed by atoms with Gasteiger partial charge in [0.25, 0.3) is 5.91 Å². The Morgan fingerprint density at radius 2 is 1.88 bits per heavy atom. The minimum Gasteiger partial charge on any atom is -0.268 e. The number of hydrogen-bond donors (Lipinski definition) is 1. The molecule has 25 heavy (non-hydrogen) atoms. The van der Waals surface area contributed by atoms with E-state index in [4.69, 9.17) is 11.6 Å². The second-order valence-electron chi connectivity index (χ2n) is 5.61. The van der Waals surface area contributed by atoms with Crippen LogP contribution in [0.2, 0.25) is 5.15 Å². The molecule has 3 aromatic rings. The fourth-order valence-electron chi connectivity index (χ4n) is 2.31. The first-order chi connectivity index (χ1) is 12.0. The van der Waals surface area contributed by atoms with Gasteiger partial charge in [0, 0.05) is 11.6 Å². The molecule has 0 aliphatic heterocycles. The predicted octanol–water partition coefficient (Wildman–Crippen LogP) is 2.58. The third-order valence-electron chi connectivity index (χ3n) is 3.62. The highest BCUT2D eigenvalue weighted by atomic mass is 35.5. The molecule has 0 aliphatic carbocycles. The van der Waals surface area contributed by atoms with Crippen molar-refractivity contribution in [3.8, 4) is 0 Å². The molecule has 128 valence electrons. The molecule has 1 amide bonds. The number of aromatic nitrogens is 5. The van der Waals surface area contributed by atoms with Crippen LogP contribution in [0.5, 0.6) is 0 Å². The van der Waals surface area contributed by atoms with Gasteiger partial charge in [-0.15, -0.1) is 10.2 Å². The summed E-state index contributed by atoms with van der Waals surface area (Å²) in [5.74, 6) is -0.318. The Balaban J connectivity index is 1.73. The molecule has 1 aromatic carbocycles. The summed E-state index contributed by atoms with van der Waals surface area (Å²) in [6.07, 6.45) is 5.83. The summed E-state index contributed by atoms with van der Waals surface area (Å²) in [6.45, 7) is 4.47. The average Bonchev–Trinajstić information content (AvgIpc) is 3.17. The Labute approximate surface area is 149 Å². The van der Waals surface area contributed by atoms with Gasteiger partial charge in [0.15, 0.2) is 0 Å². The Bertz CT molecular complexity index is 896. The van der Waals surface area contributed by atoms with Crippen LogP contribution < -0.4 is 5.43 Å². The second kappa shape index (κ2) is 7.31. The molecule has 0 saturated carbocycles. The summed E-state index contributed by atoms with van der Waals surface area (Å²) in [4.78, 5) is 11.9. The van der Waals surface area contributed by atoms with Gasteiger partial charge in [0.05, 0.1) is 12.2 Å². The zero-order valence-electron chi connectivity index (χ0n) is 13.8. The van der Waals surface area contributed by atoms with Gasteiger partial charge >= 0.3 is 0 Å². The quantitative estimate of drug-likeness (QED) is 0.713. The molecule has 8 heteroatoms. The van der Waals surface area contributed by atoms with Crippen molar-refractivity contribution >= 4 is 23.6 Å². The topological polar surface area (TPSA) is 77.6 Å². The third-order valence-corrected chi connectivity index (χ3v) is 4.02. The van der Waals surface area contributed by atoms with E-state index in [0.29, 0.717) is 17.3 Å². The molecule has 2 heterocycles. The number of amides is 1. The monoisotopic (exact) mass is 356 g/mol. The number of benzene rings is 1.